The molecule has 1 amide bonds. The summed E-state index contributed by atoms with van der Waals surface area (Å²) in [5.74, 6) is -0.0112. The Balaban J connectivity index is 1.48. The maximum Gasteiger partial charge on any atom is 0.340 e. The second-order valence-electron chi connectivity index (χ2n) is 6.65. The summed E-state index contributed by atoms with van der Waals surface area (Å²) in [5, 5.41) is 11.7. The van der Waals surface area contributed by atoms with Gasteiger partial charge >= 0.3 is 5.97 Å². The number of carbonyl (C=O) groups excluding carboxylic acids is 2. The third-order valence-electron chi connectivity index (χ3n) is 4.56. The fraction of sp³-hybridized carbons (Fsp3) is 0.182. The zero-order chi connectivity index (χ0) is 23.2. The molecule has 1 N–H and O–H groups in total. The van der Waals surface area contributed by atoms with Crippen molar-refractivity contribution >= 4 is 40.5 Å². The van der Waals surface area contributed by atoms with Gasteiger partial charge in [0.1, 0.15) is 17.1 Å². The topological polar surface area (TPSA) is 121 Å². The Labute approximate surface area is 193 Å². The second-order valence-corrected chi connectivity index (χ2v) is 7.62. The third kappa shape index (κ3) is 4.93. The van der Waals surface area contributed by atoms with Crippen LogP contribution in [0.2, 0.25) is 0 Å². The van der Waals surface area contributed by atoms with Gasteiger partial charge in [-0.2, -0.15) is 4.68 Å². The molecule has 0 spiro atoms. The van der Waals surface area contributed by atoms with Crippen molar-refractivity contribution in [3.05, 3.63) is 60.4 Å². The summed E-state index contributed by atoms with van der Waals surface area (Å²) < 4.78 is 11.8. The average Bonchev–Trinajstić information content (AvgIpc) is 3.28. The summed E-state index contributed by atoms with van der Waals surface area (Å²) in [7, 11) is 1.60. The number of esters is 1. The van der Waals surface area contributed by atoms with Crippen LogP contribution in [0, 0.1) is 0 Å². The largest absolute Gasteiger partial charge is 0.497 e. The van der Waals surface area contributed by atoms with Gasteiger partial charge in [0.05, 0.1) is 36.4 Å². The van der Waals surface area contributed by atoms with Gasteiger partial charge in [0, 0.05) is 0 Å². The molecular formula is C22H20N6O4S. The Kier molecular flexibility index (Phi) is 6.79. The molecule has 0 atom stereocenters. The lowest BCUT2D eigenvalue weighted by Crippen LogP contribution is -2.17. The summed E-state index contributed by atoms with van der Waals surface area (Å²) in [5.41, 5.74) is 2.45. The minimum Gasteiger partial charge on any atom is -0.497 e. The first kappa shape index (κ1) is 22.2. The number of fused-ring (bicyclic) bond motifs is 1. The van der Waals surface area contributed by atoms with Crippen molar-refractivity contribution in [1.82, 2.24) is 25.0 Å². The predicted octanol–water partition coefficient (Wildman–Crippen LogP) is 3.13. The molecule has 0 radical (unpaired) electrons. The molecule has 0 fully saturated rings. The van der Waals surface area contributed by atoms with Gasteiger partial charge in [0.15, 0.2) is 11.2 Å². The normalized spacial score (nSPS) is 10.7. The van der Waals surface area contributed by atoms with Crippen molar-refractivity contribution in [2.75, 3.05) is 24.8 Å². The molecular weight excluding hydrogens is 444 g/mol. The minimum atomic E-state index is -0.492. The van der Waals surface area contributed by atoms with Crippen molar-refractivity contribution in [2.24, 2.45) is 0 Å². The fourth-order valence-electron chi connectivity index (χ4n) is 3.03. The van der Waals surface area contributed by atoms with E-state index < -0.39 is 5.97 Å². The quantitative estimate of drug-likeness (QED) is 0.238. The lowest BCUT2D eigenvalue weighted by molar-refractivity contribution is -0.113. The highest BCUT2D eigenvalue weighted by Gasteiger charge is 2.17. The van der Waals surface area contributed by atoms with Gasteiger partial charge < -0.3 is 14.8 Å². The third-order valence-corrected chi connectivity index (χ3v) is 5.54. The van der Waals surface area contributed by atoms with Gasteiger partial charge in [-0.1, -0.05) is 29.1 Å². The molecule has 4 rings (SSSR count). The number of ether oxygens (including phenoxy) is 2. The van der Waals surface area contributed by atoms with Crippen LogP contribution in [-0.4, -0.2) is 56.3 Å². The first-order valence-corrected chi connectivity index (χ1v) is 11.0. The van der Waals surface area contributed by atoms with Gasteiger partial charge in [-0.05, 0) is 43.3 Å². The summed E-state index contributed by atoms with van der Waals surface area (Å²) in [6, 6.07) is 14.0. The van der Waals surface area contributed by atoms with E-state index in [0.29, 0.717) is 27.4 Å². The van der Waals surface area contributed by atoms with E-state index in [1.165, 1.54) is 18.1 Å². The van der Waals surface area contributed by atoms with Crippen molar-refractivity contribution < 1.29 is 19.1 Å². The fourth-order valence-corrected chi connectivity index (χ4v) is 3.76. The second kappa shape index (κ2) is 10.1. The standard InChI is InChI=1S/C22H20N6O4S/c1-3-32-22(30)16-6-4-5-7-17(16)25-18(29)12-33-21-19-20(23-13-24-21)28(27-26-19)14-8-10-15(31-2)11-9-14/h4-11,13H,3,12H2,1-2H3,(H,25,29). The number of nitrogens with one attached hydrogen (secondary N) is 1. The molecule has 0 unspecified atom stereocenters. The van der Waals surface area contributed by atoms with E-state index in [-0.39, 0.29) is 18.3 Å². The van der Waals surface area contributed by atoms with Crippen molar-refractivity contribution in [1.29, 1.82) is 0 Å². The summed E-state index contributed by atoms with van der Waals surface area (Å²) >= 11 is 1.20. The monoisotopic (exact) mass is 464 g/mol. The van der Waals surface area contributed by atoms with Gasteiger partial charge in [-0.3, -0.25) is 4.79 Å². The Morgan fingerprint density at radius 1 is 1.09 bits per heavy atom. The Bertz CT molecular complexity index is 1290. The SMILES string of the molecule is CCOC(=O)c1ccccc1NC(=O)CSc1ncnc2c1nnn2-c1ccc(OC)cc1. The van der Waals surface area contributed by atoms with Gasteiger partial charge in [-0.15, -0.1) is 5.10 Å². The van der Waals surface area contributed by atoms with E-state index >= 15 is 0 Å². The van der Waals surface area contributed by atoms with Crippen LogP contribution < -0.4 is 10.1 Å². The van der Waals surface area contributed by atoms with Gasteiger partial charge in [0.25, 0.3) is 0 Å². The first-order valence-electron chi connectivity index (χ1n) is 10.0. The van der Waals surface area contributed by atoms with Crippen LogP contribution in [0.1, 0.15) is 17.3 Å². The number of hydrogen-bond donors (Lipinski definition) is 1. The maximum absolute atomic E-state index is 12.6. The highest BCUT2D eigenvalue weighted by molar-refractivity contribution is 8.00. The number of anilines is 1. The molecule has 2 aromatic heterocycles. The van der Waals surface area contributed by atoms with E-state index in [4.69, 9.17) is 9.47 Å². The van der Waals surface area contributed by atoms with Crippen LogP contribution in [0.15, 0.2) is 59.9 Å². The number of carbonyl (C=O) groups is 2. The zero-order valence-electron chi connectivity index (χ0n) is 17.9. The molecule has 4 aromatic rings. The van der Waals surface area contributed by atoms with Crippen molar-refractivity contribution in [2.45, 2.75) is 11.9 Å². The number of rotatable bonds is 8. The molecule has 2 heterocycles. The van der Waals surface area contributed by atoms with Crippen LogP contribution in [0.5, 0.6) is 5.75 Å². The number of benzene rings is 2. The van der Waals surface area contributed by atoms with E-state index in [2.05, 4.69) is 25.6 Å². The lowest BCUT2D eigenvalue weighted by atomic mass is 10.2. The van der Waals surface area contributed by atoms with Crippen LogP contribution >= 0.6 is 11.8 Å². The lowest BCUT2D eigenvalue weighted by Gasteiger charge is -2.10. The highest BCUT2D eigenvalue weighted by Crippen LogP contribution is 2.25. The molecule has 10 nitrogen and oxygen atoms in total. The smallest absolute Gasteiger partial charge is 0.340 e. The number of aromatic nitrogens is 5. The van der Waals surface area contributed by atoms with E-state index in [1.807, 2.05) is 24.3 Å². The van der Waals surface area contributed by atoms with Crippen molar-refractivity contribution in [3.63, 3.8) is 0 Å². The van der Waals surface area contributed by atoms with Gasteiger partial charge in [-0.25, -0.2) is 14.8 Å². The molecule has 0 aliphatic rings. The highest BCUT2D eigenvalue weighted by atomic mass is 32.2. The minimum absolute atomic E-state index is 0.0542. The summed E-state index contributed by atoms with van der Waals surface area (Å²) in [6.07, 6.45) is 1.40. The number of hydrogen-bond acceptors (Lipinski definition) is 9. The van der Waals surface area contributed by atoms with Crippen LogP contribution in [0.25, 0.3) is 16.9 Å². The summed E-state index contributed by atoms with van der Waals surface area (Å²) in [6.45, 7) is 1.97. The Hall–Kier alpha value is -3.99. The molecule has 2 aromatic carbocycles. The number of nitrogens with zero attached hydrogens (tertiary/aromatic N) is 5. The van der Waals surface area contributed by atoms with Crippen LogP contribution in [-0.2, 0) is 9.53 Å². The maximum atomic E-state index is 12.6. The van der Waals surface area contributed by atoms with Crippen LogP contribution in [0.3, 0.4) is 0 Å². The Morgan fingerprint density at radius 3 is 2.64 bits per heavy atom. The average molecular weight is 465 g/mol. The van der Waals surface area contributed by atoms with Crippen LogP contribution in [0.4, 0.5) is 5.69 Å². The zero-order valence-corrected chi connectivity index (χ0v) is 18.7. The molecule has 0 saturated heterocycles. The summed E-state index contributed by atoms with van der Waals surface area (Å²) in [4.78, 5) is 33.2. The van der Waals surface area contributed by atoms with E-state index in [0.717, 1.165) is 11.4 Å². The Morgan fingerprint density at radius 2 is 1.88 bits per heavy atom. The molecule has 0 bridgehead atoms. The van der Waals surface area contributed by atoms with Crippen molar-refractivity contribution in [3.8, 4) is 11.4 Å². The molecule has 168 valence electrons. The first-order chi connectivity index (χ1) is 16.1. The van der Waals surface area contributed by atoms with E-state index in [9.17, 15) is 9.59 Å². The predicted molar refractivity (Wildman–Crippen MR) is 123 cm³/mol. The number of amides is 1. The molecule has 0 saturated carbocycles. The number of thioether (sulfide) groups is 1. The van der Waals surface area contributed by atoms with E-state index in [1.54, 1.807) is 43.0 Å². The molecule has 0 aliphatic carbocycles. The number of para-hydroxylation sites is 1. The van der Waals surface area contributed by atoms with Gasteiger partial charge in [0.2, 0.25) is 5.91 Å². The number of methoxy groups -OCH3 is 1. The molecule has 0 aliphatic heterocycles. The molecule has 33 heavy (non-hydrogen) atoms. The molecule has 11 heteroatoms.